The first-order valence-corrected chi connectivity index (χ1v) is 10.1. The maximum absolute atomic E-state index is 12.7. The van der Waals surface area contributed by atoms with Crippen molar-refractivity contribution in [2.45, 2.75) is 38.1 Å². The fraction of sp³-hybridized carbons (Fsp3) is 0.348. The Morgan fingerprint density at radius 1 is 1.10 bits per heavy atom. The highest BCUT2D eigenvalue weighted by molar-refractivity contribution is 5.92. The predicted octanol–water partition coefficient (Wildman–Crippen LogP) is 3.82. The summed E-state index contributed by atoms with van der Waals surface area (Å²) in [5.74, 6) is -1.87. The van der Waals surface area contributed by atoms with Gasteiger partial charge in [0.25, 0.3) is 5.91 Å². The molecule has 6 heteroatoms. The summed E-state index contributed by atoms with van der Waals surface area (Å²) in [4.78, 5) is 24.4. The van der Waals surface area contributed by atoms with Crippen LogP contribution in [0, 0.1) is 5.92 Å². The van der Waals surface area contributed by atoms with E-state index in [9.17, 15) is 14.7 Å². The fourth-order valence-electron chi connectivity index (χ4n) is 4.14. The molecular formula is C23H25N3O3. The Bertz CT molecular complexity index is 1020. The van der Waals surface area contributed by atoms with Crippen molar-refractivity contribution in [3.8, 4) is 0 Å². The first-order chi connectivity index (χ1) is 14.1. The number of hydrogen-bond acceptors (Lipinski definition) is 3. The third kappa shape index (κ3) is 4.31. The Morgan fingerprint density at radius 3 is 2.62 bits per heavy atom. The lowest BCUT2D eigenvalue weighted by atomic mass is 9.97. The van der Waals surface area contributed by atoms with Crippen molar-refractivity contribution in [1.29, 1.82) is 0 Å². The minimum absolute atomic E-state index is 0.0802. The molecular weight excluding hydrogens is 366 g/mol. The van der Waals surface area contributed by atoms with Crippen molar-refractivity contribution in [3.05, 3.63) is 66.0 Å². The van der Waals surface area contributed by atoms with Crippen LogP contribution in [0.4, 0.5) is 0 Å². The Labute approximate surface area is 169 Å². The average Bonchev–Trinajstić information content (AvgIpc) is 3.42. The van der Waals surface area contributed by atoms with Crippen LogP contribution in [0.5, 0.6) is 0 Å². The maximum atomic E-state index is 12.7. The predicted molar refractivity (Wildman–Crippen MR) is 111 cm³/mol. The largest absolute Gasteiger partial charge is 0.481 e. The second-order valence-corrected chi connectivity index (χ2v) is 7.73. The van der Waals surface area contributed by atoms with Crippen LogP contribution < -0.4 is 5.32 Å². The van der Waals surface area contributed by atoms with Gasteiger partial charge in [-0.05, 0) is 41.7 Å². The molecule has 2 N–H and O–H groups in total. The van der Waals surface area contributed by atoms with Gasteiger partial charge in [0.1, 0.15) is 5.69 Å². The Hall–Kier alpha value is -3.15. The Balaban J connectivity index is 1.43. The number of carboxylic acid groups (broad SMARTS) is 1. The van der Waals surface area contributed by atoms with Crippen molar-refractivity contribution in [2.75, 3.05) is 6.54 Å². The maximum Gasteiger partial charge on any atom is 0.308 e. The van der Waals surface area contributed by atoms with Gasteiger partial charge in [-0.3, -0.25) is 14.3 Å². The molecule has 6 nitrogen and oxygen atoms in total. The molecule has 2 aromatic carbocycles. The molecule has 1 unspecified atom stereocenters. The zero-order valence-corrected chi connectivity index (χ0v) is 16.3. The highest BCUT2D eigenvalue weighted by Crippen LogP contribution is 2.29. The van der Waals surface area contributed by atoms with Crippen LogP contribution in [0.1, 0.15) is 47.8 Å². The Morgan fingerprint density at radius 2 is 1.86 bits per heavy atom. The molecule has 0 aliphatic heterocycles. The lowest BCUT2D eigenvalue weighted by Gasteiger charge is -2.16. The second-order valence-electron chi connectivity index (χ2n) is 7.73. The van der Waals surface area contributed by atoms with E-state index in [0.717, 1.165) is 42.0 Å². The zero-order valence-electron chi connectivity index (χ0n) is 16.3. The van der Waals surface area contributed by atoms with Gasteiger partial charge in [0.15, 0.2) is 0 Å². The van der Waals surface area contributed by atoms with Gasteiger partial charge >= 0.3 is 5.97 Å². The van der Waals surface area contributed by atoms with Gasteiger partial charge in [-0.1, -0.05) is 55.3 Å². The van der Waals surface area contributed by atoms with Crippen LogP contribution in [-0.4, -0.2) is 33.3 Å². The number of aromatic nitrogens is 2. The molecule has 1 aromatic heterocycles. The summed E-state index contributed by atoms with van der Waals surface area (Å²) in [6.45, 7) is 0.0802. The van der Waals surface area contributed by atoms with Crippen LogP contribution in [-0.2, 0) is 11.2 Å². The van der Waals surface area contributed by atoms with Crippen molar-refractivity contribution < 1.29 is 14.7 Å². The smallest absolute Gasteiger partial charge is 0.308 e. The molecule has 150 valence electrons. The van der Waals surface area contributed by atoms with E-state index >= 15 is 0 Å². The van der Waals surface area contributed by atoms with E-state index in [1.807, 2.05) is 42.5 Å². The average molecular weight is 391 g/mol. The van der Waals surface area contributed by atoms with Gasteiger partial charge < -0.3 is 10.4 Å². The van der Waals surface area contributed by atoms with Gasteiger partial charge in [0.2, 0.25) is 0 Å². The third-order valence-electron chi connectivity index (χ3n) is 5.73. The topological polar surface area (TPSA) is 84.2 Å². The summed E-state index contributed by atoms with van der Waals surface area (Å²) in [7, 11) is 0. The monoisotopic (exact) mass is 391 g/mol. The van der Waals surface area contributed by atoms with Gasteiger partial charge in [-0.25, -0.2) is 0 Å². The number of hydrogen-bond donors (Lipinski definition) is 2. The number of carbonyl (C=O) groups is 2. The van der Waals surface area contributed by atoms with E-state index < -0.39 is 11.9 Å². The number of nitrogens with zero attached hydrogens (tertiary/aromatic N) is 2. The molecule has 0 spiro atoms. The molecule has 0 saturated heterocycles. The highest BCUT2D eigenvalue weighted by Gasteiger charge is 2.24. The summed E-state index contributed by atoms with van der Waals surface area (Å²) in [6, 6.07) is 15.9. The van der Waals surface area contributed by atoms with Crippen LogP contribution in [0.2, 0.25) is 0 Å². The number of carbonyl (C=O) groups excluding carboxylic acids is 1. The standard InChI is InChI=1S/C23H25N3O3/c27-22(21-11-12-25-26(21)20-7-3-4-8-20)24-15-19(23(28)29)14-16-9-10-17-5-1-2-6-18(17)13-16/h1-2,5-6,9-13,19-20H,3-4,7-8,14-15H2,(H,24,27)(H,28,29). The zero-order chi connectivity index (χ0) is 20.2. The lowest BCUT2D eigenvalue weighted by molar-refractivity contribution is -0.141. The van der Waals surface area contributed by atoms with E-state index in [2.05, 4.69) is 10.4 Å². The minimum atomic E-state index is -0.914. The number of amides is 1. The molecule has 1 saturated carbocycles. The molecule has 3 aromatic rings. The molecule has 0 bridgehead atoms. The number of rotatable bonds is 7. The van der Waals surface area contributed by atoms with Gasteiger partial charge in [0.05, 0.1) is 12.0 Å². The lowest BCUT2D eigenvalue weighted by Crippen LogP contribution is -2.35. The SMILES string of the molecule is O=C(NCC(Cc1ccc2ccccc2c1)C(=O)O)c1ccnn1C1CCCC1. The molecule has 1 aliphatic carbocycles. The van der Waals surface area contributed by atoms with Gasteiger partial charge in [-0.15, -0.1) is 0 Å². The number of fused-ring (bicyclic) bond motifs is 1. The van der Waals surface area contributed by atoms with Crippen molar-refractivity contribution in [1.82, 2.24) is 15.1 Å². The molecule has 1 heterocycles. The summed E-state index contributed by atoms with van der Waals surface area (Å²) < 4.78 is 1.79. The quantitative estimate of drug-likeness (QED) is 0.641. The molecule has 1 aliphatic rings. The van der Waals surface area contributed by atoms with Crippen LogP contribution in [0.25, 0.3) is 10.8 Å². The molecule has 4 rings (SSSR count). The number of nitrogens with one attached hydrogen (secondary N) is 1. The van der Waals surface area contributed by atoms with Gasteiger partial charge in [0, 0.05) is 12.7 Å². The van der Waals surface area contributed by atoms with Crippen LogP contribution >= 0.6 is 0 Å². The summed E-state index contributed by atoms with van der Waals surface area (Å²) in [5, 5.41) is 19.0. The van der Waals surface area contributed by atoms with Crippen molar-refractivity contribution >= 4 is 22.6 Å². The van der Waals surface area contributed by atoms with E-state index in [1.54, 1.807) is 16.9 Å². The molecule has 29 heavy (non-hydrogen) atoms. The fourth-order valence-corrected chi connectivity index (χ4v) is 4.14. The first-order valence-electron chi connectivity index (χ1n) is 10.1. The van der Waals surface area contributed by atoms with Crippen LogP contribution in [0.3, 0.4) is 0 Å². The molecule has 1 atom stereocenters. The van der Waals surface area contributed by atoms with E-state index in [1.165, 1.54) is 0 Å². The molecule has 1 fully saturated rings. The summed E-state index contributed by atoms with van der Waals surface area (Å²) in [6.07, 6.45) is 6.36. The molecule has 0 radical (unpaired) electrons. The number of benzene rings is 2. The number of aliphatic carboxylic acids is 1. The van der Waals surface area contributed by atoms with E-state index in [4.69, 9.17) is 0 Å². The second kappa shape index (κ2) is 8.47. The Kier molecular flexibility index (Phi) is 5.60. The summed E-state index contributed by atoms with van der Waals surface area (Å²) >= 11 is 0. The summed E-state index contributed by atoms with van der Waals surface area (Å²) in [5.41, 5.74) is 1.45. The van der Waals surface area contributed by atoms with Crippen LogP contribution in [0.15, 0.2) is 54.7 Å². The van der Waals surface area contributed by atoms with Crippen molar-refractivity contribution in [2.24, 2.45) is 5.92 Å². The van der Waals surface area contributed by atoms with Gasteiger partial charge in [-0.2, -0.15) is 5.10 Å². The van der Waals surface area contributed by atoms with E-state index in [0.29, 0.717) is 12.1 Å². The number of carboxylic acids is 1. The van der Waals surface area contributed by atoms with E-state index in [-0.39, 0.29) is 18.5 Å². The first kappa shape index (κ1) is 19.2. The van der Waals surface area contributed by atoms with Crippen molar-refractivity contribution in [3.63, 3.8) is 0 Å². The normalized spacial score (nSPS) is 15.4. The highest BCUT2D eigenvalue weighted by atomic mass is 16.4. The third-order valence-corrected chi connectivity index (χ3v) is 5.73. The minimum Gasteiger partial charge on any atom is -0.481 e. The molecule has 1 amide bonds.